The van der Waals surface area contributed by atoms with Crippen LogP contribution >= 0.6 is 0 Å². The normalized spacial score (nSPS) is 58.7. The standard InChI is InChI=1S/C15H26O/c1-13(2)7-10-8-15(4)12(16)5-6-14(15,3)11(10)9-13/h10-12,16H,5-9H2,1-4H3/t10-,11-,12+,14+,15+/m0/s1. The highest BCUT2D eigenvalue weighted by Gasteiger charge is 2.66. The van der Waals surface area contributed by atoms with Crippen molar-refractivity contribution in [2.24, 2.45) is 28.1 Å². The first kappa shape index (κ1) is 11.1. The molecule has 92 valence electrons. The van der Waals surface area contributed by atoms with E-state index >= 15 is 0 Å². The molecule has 0 spiro atoms. The molecule has 3 rings (SSSR count). The van der Waals surface area contributed by atoms with Gasteiger partial charge in [-0.1, -0.05) is 27.7 Å². The fraction of sp³-hybridized carbons (Fsp3) is 1.00. The van der Waals surface area contributed by atoms with Gasteiger partial charge in [0.2, 0.25) is 0 Å². The van der Waals surface area contributed by atoms with Gasteiger partial charge in [-0.25, -0.2) is 0 Å². The van der Waals surface area contributed by atoms with E-state index in [2.05, 4.69) is 27.7 Å². The second kappa shape index (κ2) is 2.85. The van der Waals surface area contributed by atoms with E-state index in [0.29, 0.717) is 10.8 Å². The molecule has 0 saturated heterocycles. The Hall–Kier alpha value is -0.0400. The van der Waals surface area contributed by atoms with E-state index < -0.39 is 0 Å². The molecule has 0 unspecified atom stereocenters. The van der Waals surface area contributed by atoms with Gasteiger partial charge in [0, 0.05) is 0 Å². The Morgan fingerprint density at radius 1 is 0.938 bits per heavy atom. The topological polar surface area (TPSA) is 20.2 Å². The van der Waals surface area contributed by atoms with E-state index in [1.165, 1.54) is 25.7 Å². The summed E-state index contributed by atoms with van der Waals surface area (Å²) >= 11 is 0. The van der Waals surface area contributed by atoms with Gasteiger partial charge in [0.15, 0.2) is 0 Å². The van der Waals surface area contributed by atoms with Crippen molar-refractivity contribution < 1.29 is 5.11 Å². The maximum absolute atomic E-state index is 10.3. The molecule has 16 heavy (non-hydrogen) atoms. The van der Waals surface area contributed by atoms with Crippen LogP contribution in [-0.4, -0.2) is 11.2 Å². The summed E-state index contributed by atoms with van der Waals surface area (Å²) in [7, 11) is 0. The third-order valence-electron chi connectivity index (χ3n) is 6.64. The molecule has 0 bridgehead atoms. The van der Waals surface area contributed by atoms with Gasteiger partial charge in [0.25, 0.3) is 0 Å². The Morgan fingerprint density at radius 2 is 1.62 bits per heavy atom. The molecule has 5 atom stereocenters. The van der Waals surface area contributed by atoms with Gasteiger partial charge >= 0.3 is 0 Å². The highest BCUT2D eigenvalue weighted by Crippen LogP contribution is 2.72. The van der Waals surface area contributed by atoms with Gasteiger partial charge in [0.1, 0.15) is 0 Å². The first-order chi connectivity index (χ1) is 7.29. The summed E-state index contributed by atoms with van der Waals surface area (Å²) in [4.78, 5) is 0. The molecular formula is C15H26O. The van der Waals surface area contributed by atoms with Gasteiger partial charge in [0.05, 0.1) is 6.10 Å². The van der Waals surface area contributed by atoms with Crippen molar-refractivity contribution in [3.05, 3.63) is 0 Å². The molecular weight excluding hydrogens is 196 g/mol. The van der Waals surface area contributed by atoms with Crippen LogP contribution in [0, 0.1) is 28.1 Å². The molecule has 0 heterocycles. The summed E-state index contributed by atoms with van der Waals surface area (Å²) in [6.07, 6.45) is 6.30. The fourth-order valence-electron chi connectivity index (χ4n) is 5.60. The second-order valence-corrected chi connectivity index (χ2v) is 8.03. The van der Waals surface area contributed by atoms with Gasteiger partial charge in [-0.05, 0) is 60.2 Å². The van der Waals surface area contributed by atoms with Gasteiger partial charge < -0.3 is 5.11 Å². The predicted octanol–water partition coefficient (Wildman–Crippen LogP) is 3.61. The summed E-state index contributed by atoms with van der Waals surface area (Å²) in [5, 5.41) is 10.3. The molecule has 0 aromatic heterocycles. The molecule has 1 N–H and O–H groups in total. The van der Waals surface area contributed by atoms with Crippen LogP contribution in [0.4, 0.5) is 0 Å². The molecule has 0 amide bonds. The minimum absolute atomic E-state index is 0.0359. The van der Waals surface area contributed by atoms with Gasteiger partial charge in [-0.2, -0.15) is 0 Å². The van der Waals surface area contributed by atoms with E-state index in [1.54, 1.807) is 0 Å². The van der Waals surface area contributed by atoms with Crippen LogP contribution in [-0.2, 0) is 0 Å². The van der Waals surface area contributed by atoms with Crippen molar-refractivity contribution in [2.45, 2.75) is 65.9 Å². The zero-order valence-corrected chi connectivity index (χ0v) is 11.2. The van der Waals surface area contributed by atoms with E-state index in [4.69, 9.17) is 0 Å². The summed E-state index contributed by atoms with van der Waals surface area (Å²) in [6.45, 7) is 9.68. The number of rotatable bonds is 0. The molecule has 1 heteroatoms. The minimum atomic E-state index is -0.0359. The minimum Gasteiger partial charge on any atom is -0.393 e. The zero-order valence-electron chi connectivity index (χ0n) is 11.2. The lowest BCUT2D eigenvalue weighted by molar-refractivity contribution is -0.00100. The van der Waals surface area contributed by atoms with Crippen LogP contribution in [0.15, 0.2) is 0 Å². The predicted molar refractivity (Wildman–Crippen MR) is 66.1 cm³/mol. The number of aliphatic hydroxyl groups is 1. The van der Waals surface area contributed by atoms with Crippen molar-refractivity contribution in [3.8, 4) is 0 Å². The largest absolute Gasteiger partial charge is 0.393 e. The van der Waals surface area contributed by atoms with Crippen LogP contribution in [0.2, 0.25) is 0 Å². The molecule has 0 aromatic rings. The van der Waals surface area contributed by atoms with Crippen molar-refractivity contribution in [2.75, 3.05) is 0 Å². The zero-order chi connectivity index (χ0) is 11.8. The monoisotopic (exact) mass is 222 g/mol. The highest BCUT2D eigenvalue weighted by molar-refractivity contribution is 5.16. The third-order valence-corrected chi connectivity index (χ3v) is 6.64. The van der Waals surface area contributed by atoms with Gasteiger partial charge in [-0.3, -0.25) is 0 Å². The van der Waals surface area contributed by atoms with Crippen LogP contribution in [0.3, 0.4) is 0 Å². The Kier molecular flexibility index (Phi) is 1.98. The molecule has 1 nitrogen and oxygen atoms in total. The van der Waals surface area contributed by atoms with Gasteiger partial charge in [-0.15, -0.1) is 0 Å². The summed E-state index contributed by atoms with van der Waals surface area (Å²) in [5.74, 6) is 1.77. The lowest BCUT2D eigenvalue weighted by atomic mass is 9.64. The van der Waals surface area contributed by atoms with Crippen LogP contribution < -0.4 is 0 Å². The maximum Gasteiger partial charge on any atom is 0.0599 e. The number of fused-ring (bicyclic) bond motifs is 3. The SMILES string of the molecule is CC1(C)C[C@H]2C[C@]3(C)[C@H](O)CC[C@]3(C)[C@H]2C1. The van der Waals surface area contributed by atoms with E-state index in [9.17, 15) is 5.11 Å². The molecule has 3 aliphatic carbocycles. The summed E-state index contributed by atoms with van der Waals surface area (Å²) < 4.78 is 0. The van der Waals surface area contributed by atoms with Crippen molar-refractivity contribution in [1.29, 1.82) is 0 Å². The first-order valence-electron chi connectivity index (χ1n) is 6.97. The lowest BCUT2D eigenvalue weighted by Crippen LogP contribution is -2.38. The van der Waals surface area contributed by atoms with E-state index in [1.807, 2.05) is 0 Å². The third kappa shape index (κ3) is 1.11. The first-order valence-corrected chi connectivity index (χ1v) is 6.97. The quantitative estimate of drug-likeness (QED) is 0.664. The summed E-state index contributed by atoms with van der Waals surface area (Å²) in [5.41, 5.74) is 1.19. The average Bonchev–Trinajstić information content (AvgIpc) is 2.64. The van der Waals surface area contributed by atoms with Crippen LogP contribution in [0.5, 0.6) is 0 Å². The molecule has 3 saturated carbocycles. The molecule has 3 aliphatic rings. The van der Waals surface area contributed by atoms with Crippen LogP contribution in [0.25, 0.3) is 0 Å². The van der Waals surface area contributed by atoms with Crippen molar-refractivity contribution in [3.63, 3.8) is 0 Å². The molecule has 0 aliphatic heterocycles. The molecule has 0 radical (unpaired) electrons. The maximum atomic E-state index is 10.3. The fourth-order valence-corrected chi connectivity index (χ4v) is 5.60. The average molecular weight is 222 g/mol. The summed E-state index contributed by atoms with van der Waals surface area (Å²) in [6, 6.07) is 0. The Balaban J connectivity index is 1.97. The Morgan fingerprint density at radius 3 is 2.31 bits per heavy atom. The van der Waals surface area contributed by atoms with E-state index in [-0.39, 0.29) is 11.5 Å². The van der Waals surface area contributed by atoms with E-state index in [0.717, 1.165) is 18.3 Å². The Labute approximate surface area is 99.6 Å². The lowest BCUT2D eigenvalue weighted by Gasteiger charge is -2.41. The van der Waals surface area contributed by atoms with Crippen molar-refractivity contribution in [1.82, 2.24) is 0 Å². The molecule has 0 aromatic carbocycles. The number of hydrogen-bond donors (Lipinski definition) is 1. The number of hydrogen-bond acceptors (Lipinski definition) is 1. The molecule has 3 fully saturated rings. The number of aliphatic hydroxyl groups excluding tert-OH is 1. The smallest absolute Gasteiger partial charge is 0.0599 e. The van der Waals surface area contributed by atoms with Crippen molar-refractivity contribution >= 4 is 0 Å². The highest BCUT2D eigenvalue weighted by atomic mass is 16.3. The Bertz CT molecular complexity index is 321. The second-order valence-electron chi connectivity index (χ2n) is 8.03. The van der Waals surface area contributed by atoms with Crippen LogP contribution in [0.1, 0.15) is 59.8 Å².